The van der Waals surface area contributed by atoms with E-state index in [-0.39, 0.29) is 6.04 Å². The second kappa shape index (κ2) is 6.03. The quantitative estimate of drug-likeness (QED) is 0.928. The fourth-order valence-electron chi connectivity index (χ4n) is 1.96. The van der Waals surface area contributed by atoms with Gasteiger partial charge in [0.05, 0.1) is 28.1 Å². The zero-order valence-corrected chi connectivity index (χ0v) is 13.2. The topological polar surface area (TPSA) is 56.7 Å². The molecule has 2 aromatic rings. The fourth-order valence-corrected chi connectivity index (χ4v) is 2.57. The van der Waals surface area contributed by atoms with Crippen LogP contribution in [0.3, 0.4) is 0 Å². The highest BCUT2D eigenvalue weighted by molar-refractivity contribution is 9.10. The van der Waals surface area contributed by atoms with Crippen molar-refractivity contribution in [1.82, 2.24) is 14.8 Å². The molecule has 2 N–H and O–H groups in total. The number of rotatable bonds is 4. The lowest BCUT2D eigenvalue weighted by molar-refractivity contribution is 0.627. The van der Waals surface area contributed by atoms with Gasteiger partial charge in [-0.15, -0.1) is 0 Å². The van der Waals surface area contributed by atoms with Crippen LogP contribution in [0.5, 0.6) is 0 Å². The summed E-state index contributed by atoms with van der Waals surface area (Å²) in [5.41, 5.74) is 8.90. The Morgan fingerprint density at radius 2 is 2.21 bits per heavy atom. The molecule has 0 aliphatic heterocycles. The standard InChI is InChI=1S/C13H16BrClN4/c1-3-10-13(15)12(19(2)18-10)6-9(16)11-5-4-8(14)7-17-11/h4-5,7,9H,3,6,16H2,1-2H3. The van der Waals surface area contributed by atoms with Gasteiger partial charge in [0.25, 0.3) is 0 Å². The summed E-state index contributed by atoms with van der Waals surface area (Å²) in [5, 5.41) is 5.11. The second-order valence-corrected chi connectivity index (χ2v) is 5.69. The molecule has 0 aliphatic rings. The fraction of sp³-hybridized carbons (Fsp3) is 0.385. The Labute approximate surface area is 126 Å². The smallest absolute Gasteiger partial charge is 0.0850 e. The minimum atomic E-state index is -0.189. The van der Waals surface area contributed by atoms with Gasteiger partial charge in [-0.2, -0.15) is 5.10 Å². The van der Waals surface area contributed by atoms with Gasteiger partial charge in [-0.3, -0.25) is 9.67 Å². The van der Waals surface area contributed by atoms with Gasteiger partial charge in [0, 0.05) is 24.1 Å². The van der Waals surface area contributed by atoms with Crippen molar-refractivity contribution in [3.63, 3.8) is 0 Å². The Morgan fingerprint density at radius 1 is 1.47 bits per heavy atom. The Morgan fingerprint density at radius 3 is 2.74 bits per heavy atom. The Kier molecular flexibility index (Phi) is 4.60. The highest BCUT2D eigenvalue weighted by Gasteiger charge is 2.17. The zero-order valence-electron chi connectivity index (χ0n) is 10.9. The van der Waals surface area contributed by atoms with E-state index in [0.29, 0.717) is 6.42 Å². The molecular formula is C13H16BrClN4. The van der Waals surface area contributed by atoms with Crippen molar-refractivity contribution in [3.05, 3.63) is 44.9 Å². The van der Waals surface area contributed by atoms with E-state index in [4.69, 9.17) is 17.3 Å². The Balaban J connectivity index is 2.21. The predicted molar refractivity (Wildman–Crippen MR) is 80.2 cm³/mol. The average molecular weight is 344 g/mol. The SMILES string of the molecule is CCc1nn(C)c(CC(N)c2ccc(Br)cn2)c1Cl. The number of pyridine rings is 1. The summed E-state index contributed by atoms with van der Waals surface area (Å²) in [6.07, 6.45) is 3.19. The van der Waals surface area contributed by atoms with E-state index in [0.717, 1.165) is 33.0 Å². The molecule has 2 rings (SSSR count). The summed E-state index contributed by atoms with van der Waals surface area (Å²) in [6.45, 7) is 2.04. The molecule has 0 saturated carbocycles. The molecule has 0 amide bonds. The number of halogens is 2. The van der Waals surface area contributed by atoms with Gasteiger partial charge in [0.15, 0.2) is 0 Å². The van der Waals surface area contributed by atoms with Gasteiger partial charge >= 0.3 is 0 Å². The van der Waals surface area contributed by atoms with Crippen LogP contribution >= 0.6 is 27.5 Å². The first-order chi connectivity index (χ1) is 9.02. The number of aryl methyl sites for hydroxylation is 2. The first kappa shape index (κ1) is 14.5. The first-order valence-corrected chi connectivity index (χ1v) is 7.27. The summed E-state index contributed by atoms with van der Waals surface area (Å²) in [6, 6.07) is 3.66. The van der Waals surface area contributed by atoms with E-state index in [1.165, 1.54) is 0 Å². The summed E-state index contributed by atoms with van der Waals surface area (Å²) in [4.78, 5) is 4.32. The van der Waals surface area contributed by atoms with Crippen molar-refractivity contribution >= 4 is 27.5 Å². The van der Waals surface area contributed by atoms with Crippen LogP contribution in [0.2, 0.25) is 5.02 Å². The maximum atomic E-state index is 6.32. The third-order valence-electron chi connectivity index (χ3n) is 3.05. The van der Waals surface area contributed by atoms with Crippen LogP contribution in [0.1, 0.15) is 30.0 Å². The predicted octanol–water partition coefficient (Wildman–Crippen LogP) is 3.04. The largest absolute Gasteiger partial charge is 0.322 e. The number of nitrogens with two attached hydrogens (primary N) is 1. The van der Waals surface area contributed by atoms with Crippen molar-refractivity contribution in [2.75, 3.05) is 0 Å². The molecule has 0 fully saturated rings. The number of hydrogen-bond acceptors (Lipinski definition) is 3. The van der Waals surface area contributed by atoms with Crippen LogP contribution in [0.4, 0.5) is 0 Å². The van der Waals surface area contributed by atoms with E-state index in [1.54, 1.807) is 10.9 Å². The molecule has 19 heavy (non-hydrogen) atoms. The summed E-state index contributed by atoms with van der Waals surface area (Å²) in [7, 11) is 1.89. The number of aromatic nitrogens is 3. The molecular weight excluding hydrogens is 328 g/mol. The number of nitrogens with zero attached hydrogens (tertiary/aromatic N) is 3. The lowest BCUT2D eigenvalue weighted by Gasteiger charge is -2.11. The molecule has 102 valence electrons. The normalized spacial score (nSPS) is 12.7. The lowest BCUT2D eigenvalue weighted by atomic mass is 10.1. The highest BCUT2D eigenvalue weighted by atomic mass is 79.9. The van der Waals surface area contributed by atoms with Crippen LogP contribution in [0.15, 0.2) is 22.8 Å². The second-order valence-electron chi connectivity index (χ2n) is 4.40. The first-order valence-electron chi connectivity index (χ1n) is 6.10. The Hall–Kier alpha value is -0.910. The maximum absolute atomic E-state index is 6.32. The van der Waals surface area contributed by atoms with Crippen LogP contribution in [0, 0.1) is 0 Å². The molecule has 6 heteroatoms. The van der Waals surface area contributed by atoms with E-state index >= 15 is 0 Å². The molecule has 4 nitrogen and oxygen atoms in total. The number of hydrogen-bond donors (Lipinski definition) is 1. The lowest BCUT2D eigenvalue weighted by Crippen LogP contribution is -2.16. The van der Waals surface area contributed by atoms with Crippen molar-refractivity contribution in [2.45, 2.75) is 25.8 Å². The molecule has 0 saturated heterocycles. The minimum absolute atomic E-state index is 0.189. The summed E-state index contributed by atoms with van der Waals surface area (Å²) >= 11 is 9.68. The van der Waals surface area contributed by atoms with Crippen LogP contribution in [0.25, 0.3) is 0 Å². The van der Waals surface area contributed by atoms with E-state index in [9.17, 15) is 0 Å². The molecule has 0 spiro atoms. The molecule has 2 heterocycles. The van der Waals surface area contributed by atoms with Crippen LogP contribution < -0.4 is 5.73 Å². The zero-order chi connectivity index (χ0) is 14.0. The van der Waals surface area contributed by atoms with E-state index in [1.807, 2.05) is 26.1 Å². The van der Waals surface area contributed by atoms with Crippen molar-refractivity contribution in [2.24, 2.45) is 12.8 Å². The third kappa shape index (κ3) is 3.16. The Bertz CT molecular complexity index is 565. The van der Waals surface area contributed by atoms with Gasteiger partial charge in [0.1, 0.15) is 0 Å². The molecule has 2 aromatic heterocycles. The molecule has 1 unspecified atom stereocenters. The molecule has 0 aliphatic carbocycles. The minimum Gasteiger partial charge on any atom is -0.322 e. The van der Waals surface area contributed by atoms with Gasteiger partial charge in [-0.25, -0.2) is 0 Å². The maximum Gasteiger partial charge on any atom is 0.0850 e. The monoisotopic (exact) mass is 342 g/mol. The average Bonchev–Trinajstić information content (AvgIpc) is 2.67. The van der Waals surface area contributed by atoms with Crippen molar-refractivity contribution < 1.29 is 0 Å². The van der Waals surface area contributed by atoms with Gasteiger partial charge in [-0.05, 0) is 34.5 Å². The third-order valence-corrected chi connectivity index (χ3v) is 3.95. The van der Waals surface area contributed by atoms with Gasteiger partial charge in [-0.1, -0.05) is 18.5 Å². The van der Waals surface area contributed by atoms with Crippen molar-refractivity contribution in [3.8, 4) is 0 Å². The van der Waals surface area contributed by atoms with Crippen LogP contribution in [-0.2, 0) is 19.9 Å². The molecule has 1 atom stereocenters. The molecule has 0 radical (unpaired) electrons. The highest BCUT2D eigenvalue weighted by Crippen LogP contribution is 2.25. The summed E-state index contributed by atoms with van der Waals surface area (Å²) in [5.74, 6) is 0. The van der Waals surface area contributed by atoms with E-state index < -0.39 is 0 Å². The van der Waals surface area contributed by atoms with Crippen LogP contribution in [-0.4, -0.2) is 14.8 Å². The van der Waals surface area contributed by atoms with Crippen molar-refractivity contribution in [1.29, 1.82) is 0 Å². The summed E-state index contributed by atoms with van der Waals surface area (Å²) < 4.78 is 2.75. The van der Waals surface area contributed by atoms with E-state index in [2.05, 4.69) is 26.0 Å². The van der Waals surface area contributed by atoms with Gasteiger partial charge < -0.3 is 5.73 Å². The van der Waals surface area contributed by atoms with Gasteiger partial charge in [0.2, 0.25) is 0 Å². The molecule has 0 bridgehead atoms. The molecule has 0 aromatic carbocycles.